The van der Waals surface area contributed by atoms with Crippen molar-refractivity contribution in [2.24, 2.45) is 0 Å². The fourth-order valence-electron chi connectivity index (χ4n) is 1.19. The second kappa shape index (κ2) is 7.62. The van der Waals surface area contributed by atoms with Crippen molar-refractivity contribution in [2.45, 2.75) is 12.8 Å². The maximum Gasteiger partial charge on any atom is 0.321 e. The number of carbonyl (C=O) groups excluding carboxylic acids is 2. The molecule has 0 aliphatic rings. The molecule has 2 N–H and O–H groups in total. The Balaban J connectivity index is 2.18. The number of rotatable bonds is 5. The van der Waals surface area contributed by atoms with Crippen molar-refractivity contribution in [1.82, 2.24) is 15.6 Å². The monoisotopic (exact) mass is 255 g/mol. The molecule has 0 saturated heterocycles. The van der Waals surface area contributed by atoms with E-state index in [9.17, 15) is 9.59 Å². The van der Waals surface area contributed by atoms with E-state index in [1.807, 2.05) is 12.1 Å². The van der Waals surface area contributed by atoms with Crippen molar-refractivity contribution < 1.29 is 9.59 Å². The topological polar surface area (TPSA) is 71.1 Å². The van der Waals surface area contributed by atoms with Gasteiger partial charge < -0.3 is 5.32 Å². The van der Waals surface area contributed by atoms with Crippen LogP contribution in [-0.2, 0) is 11.2 Å². The van der Waals surface area contributed by atoms with Crippen molar-refractivity contribution in [1.29, 1.82) is 0 Å². The number of alkyl halides is 1. The Labute approximate surface area is 105 Å². The molecule has 0 spiro atoms. The standard InChI is InChI=1S/C11H14ClN3O2/c12-5-3-10(16)15-11(17)14-7-4-9-2-1-6-13-8-9/h1-2,6,8H,3-5,7H2,(H2,14,15,16,17). The van der Waals surface area contributed by atoms with Crippen LogP contribution in [0.1, 0.15) is 12.0 Å². The van der Waals surface area contributed by atoms with Gasteiger partial charge in [-0.15, -0.1) is 11.6 Å². The highest BCUT2D eigenvalue weighted by atomic mass is 35.5. The van der Waals surface area contributed by atoms with Gasteiger partial charge in [0.15, 0.2) is 0 Å². The summed E-state index contributed by atoms with van der Waals surface area (Å²) in [5.41, 5.74) is 1.03. The highest BCUT2D eigenvalue weighted by molar-refractivity contribution is 6.19. The lowest BCUT2D eigenvalue weighted by Crippen LogP contribution is -2.40. The number of amides is 3. The summed E-state index contributed by atoms with van der Waals surface area (Å²) in [5.74, 6) is -0.173. The van der Waals surface area contributed by atoms with E-state index < -0.39 is 6.03 Å². The molecule has 0 radical (unpaired) electrons. The molecule has 1 heterocycles. The molecule has 1 aromatic heterocycles. The van der Waals surface area contributed by atoms with Gasteiger partial charge in [-0.1, -0.05) is 6.07 Å². The molecule has 0 bridgehead atoms. The highest BCUT2D eigenvalue weighted by Gasteiger charge is 2.05. The third-order valence-corrected chi connectivity index (χ3v) is 2.19. The van der Waals surface area contributed by atoms with Crippen LogP contribution in [0.2, 0.25) is 0 Å². The summed E-state index contributed by atoms with van der Waals surface area (Å²) < 4.78 is 0. The summed E-state index contributed by atoms with van der Waals surface area (Å²) in [4.78, 5) is 26.2. The molecule has 0 aromatic carbocycles. The molecule has 3 amide bonds. The lowest BCUT2D eigenvalue weighted by atomic mass is 10.2. The Morgan fingerprint density at radius 1 is 1.41 bits per heavy atom. The normalized spacial score (nSPS) is 9.71. The second-order valence-corrected chi connectivity index (χ2v) is 3.73. The van der Waals surface area contributed by atoms with Crippen LogP contribution in [0.15, 0.2) is 24.5 Å². The van der Waals surface area contributed by atoms with Crippen LogP contribution in [-0.4, -0.2) is 29.3 Å². The highest BCUT2D eigenvalue weighted by Crippen LogP contribution is 1.95. The molecule has 0 aliphatic carbocycles. The van der Waals surface area contributed by atoms with Crippen LogP contribution < -0.4 is 10.6 Å². The quantitative estimate of drug-likeness (QED) is 0.774. The Kier molecular flexibility index (Phi) is 6.03. The lowest BCUT2D eigenvalue weighted by Gasteiger charge is -2.05. The van der Waals surface area contributed by atoms with Gasteiger partial charge in [-0.2, -0.15) is 0 Å². The predicted molar refractivity (Wildman–Crippen MR) is 64.8 cm³/mol. The Hall–Kier alpha value is -1.62. The number of halogens is 1. The van der Waals surface area contributed by atoms with E-state index in [4.69, 9.17) is 11.6 Å². The summed E-state index contributed by atoms with van der Waals surface area (Å²) in [6.07, 6.45) is 4.23. The number of nitrogens with zero attached hydrogens (tertiary/aromatic N) is 1. The molecule has 1 aromatic rings. The fraction of sp³-hybridized carbons (Fsp3) is 0.364. The number of aromatic nitrogens is 1. The minimum atomic E-state index is -0.496. The zero-order chi connectivity index (χ0) is 12.5. The number of hydrogen-bond donors (Lipinski definition) is 2. The number of imide groups is 1. The van der Waals surface area contributed by atoms with Crippen LogP contribution in [0.3, 0.4) is 0 Å². The van der Waals surface area contributed by atoms with Crippen molar-refractivity contribution in [2.75, 3.05) is 12.4 Å². The van der Waals surface area contributed by atoms with Crippen molar-refractivity contribution >= 4 is 23.5 Å². The zero-order valence-corrected chi connectivity index (χ0v) is 10.0. The van der Waals surface area contributed by atoms with E-state index in [1.165, 1.54) is 0 Å². The molecule has 6 heteroatoms. The molecule has 5 nitrogen and oxygen atoms in total. The Morgan fingerprint density at radius 2 is 2.24 bits per heavy atom. The molecule has 0 saturated carbocycles. The van der Waals surface area contributed by atoms with Gasteiger partial charge in [-0.05, 0) is 18.1 Å². The Morgan fingerprint density at radius 3 is 2.88 bits per heavy atom. The van der Waals surface area contributed by atoms with E-state index in [2.05, 4.69) is 15.6 Å². The number of carbonyl (C=O) groups is 2. The summed E-state index contributed by atoms with van der Waals surface area (Å²) in [5, 5.41) is 4.76. The van der Waals surface area contributed by atoms with Crippen LogP contribution in [0, 0.1) is 0 Å². The number of pyridine rings is 1. The van der Waals surface area contributed by atoms with Gasteiger partial charge in [0, 0.05) is 31.2 Å². The summed E-state index contributed by atoms with van der Waals surface area (Å²) in [6, 6.07) is 3.26. The summed E-state index contributed by atoms with van der Waals surface area (Å²) >= 11 is 5.36. The van der Waals surface area contributed by atoms with Gasteiger partial charge in [-0.25, -0.2) is 4.79 Å². The molecule has 1 rings (SSSR count). The fourth-order valence-corrected chi connectivity index (χ4v) is 1.36. The molecule has 0 atom stereocenters. The van der Waals surface area contributed by atoms with Gasteiger partial charge in [0.2, 0.25) is 5.91 Å². The number of hydrogen-bond acceptors (Lipinski definition) is 3. The first-order chi connectivity index (χ1) is 8.22. The average Bonchev–Trinajstić information content (AvgIpc) is 2.30. The van der Waals surface area contributed by atoms with E-state index in [1.54, 1.807) is 12.4 Å². The number of nitrogens with one attached hydrogen (secondary N) is 2. The van der Waals surface area contributed by atoms with Gasteiger partial charge in [0.25, 0.3) is 0 Å². The third kappa shape index (κ3) is 5.87. The summed E-state index contributed by atoms with van der Waals surface area (Å²) in [7, 11) is 0. The van der Waals surface area contributed by atoms with E-state index >= 15 is 0 Å². The van der Waals surface area contributed by atoms with E-state index in [0.29, 0.717) is 13.0 Å². The molecule has 0 unspecified atom stereocenters. The minimum absolute atomic E-state index is 0.136. The molecule has 92 valence electrons. The van der Waals surface area contributed by atoms with Crippen LogP contribution in [0.25, 0.3) is 0 Å². The van der Waals surface area contributed by atoms with Crippen molar-refractivity contribution in [3.8, 4) is 0 Å². The SMILES string of the molecule is O=C(CCCl)NC(=O)NCCc1cccnc1. The van der Waals surface area contributed by atoms with Gasteiger partial charge in [0.05, 0.1) is 0 Å². The second-order valence-electron chi connectivity index (χ2n) is 3.35. The smallest absolute Gasteiger partial charge is 0.321 e. The van der Waals surface area contributed by atoms with E-state index in [-0.39, 0.29) is 18.2 Å². The molecule has 0 fully saturated rings. The molecular formula is C11H14ClN3O2. The molecule has 17 heavy (non-hydrogen) atoms. The third-order valence-electron chi connectivity index (χ3n) is 2.00. The minimum Gasteiger partial charge on any atom is -0.337 e. The van der Waals surface area contributed by atoms with Crippen molar-refractivity contribution in [3.63, 3.8) is 0 Å². The predicted octanol–water partition coefficient (Wildman–Crippen LogP) is 1.08. The van der Waals surface area contributed by atoms with Crippen molar-refractivity contribution in [3.05, 3.63) is 30.1 Å². The average molecular weight is 256 g/mol. The van der Waals surface area contributed by atoms with Crippen LogP contribution in [0.5, 0.6) is 0 Å². The number of urea groups is 1. The first-order valence-electron chi connectivity index (χ1n) is 5.25. The first kappa shape index (κ1) is 13.4. The Bertz CT molecular complexity index is 370. The van der Waals surface area contributed by atoms with Gasteiger partial charge in [-0.3, -0.25) is 15.1 Å². The maximum absolute atomic E-state index is 11.2. The largest absolute Gasteiger partial charge is 0.337 e. The van der Waals surface area contributed by atoms with E-state index in [0.717, 1.165) is 5.56 Å². The van der Waals surface area contributed by atoms with Gasteiger partial charge >= 0.3 is 6.03 Å². The maximum atomic E-state index is 11.2. The first-order valence-corrected chi connectivity index (χ1v) is 5.78. The van der Waals surface area contributed by atoms with Gasteiger partial charge in [0.1, 0.15) is 0 Å². The zero-order valence-electron chi connectivity index (χ0n) is 9.28. The molecular weight excluding hydrogens is 242 g/mol. The summed E-state index contributed by atoms with van der Waals surface area (Å²) in [6.45, 7) is 0.450. The lowest BCUT2D eigenvalue weighted by molar-refractivity contribution is -0.119. The van der Waals surface area contributed by atoms with Crippen LogP contribution >= 0.6 is 11.6 Å². The van der Waals surface area contributed by atoms with Crippen LogP contribution in [0.4, 0.5) is 4.79 Å². The molecule has 0 aliphatic heterocycles.